The molecule has 108 valence electrons. The smallest absolute Gasteiger partial charge is 0.151 e. The number of benzene rings is 1. The molecule has 1 aliphatic rings. The molecule has 0 saturated carbocycles. The van der Waals surface area contributed by atoms with E-state index in [0.29, 0.717) is 12.2 Å². The van der Waals surface area contributed by atoms with Gasteiger partial charge < -0.3 is 9.64 Å². The normalized spacial score (nSPS) is 18.5. The van der Waals surface area contributed by atoms with Gasteiger partial charge in [0.15, 0.2) is 6.29 Å². The summed E-state index contributed by atoms with van der Waals surface area (Å²) in [5, 5.41) is 0. The number of rotatable bonds is 3. The number of aldehydes is 1. The van der Waals surface area contributed by atoms with Crippen LogP contribution in [0.3, 0.4) is 0 Å². The van der Waals surface area contributed by atoms with Gasteiger partial charge >= 0.3 is 0 Å². The van der Waals surface area contributed by atoms with Crippen LogP contribution in [0.1, 0.15) is 27.6 Å². The number of anilines is 1. The Kier molecular flexibility index (Phi) is 3.97. The van der Waals surface area contributed by atoms with Gasteiger partial charge in [0.05, 0.1) is 6.61 Å². The van der Waals surface area contributed by atoms with E-state index in [4.69, 9.17) is 4.74 Å². The molecule has 1 fully saturated rings. The van der Waals surface area contributed by atoms with Crippen molar-refractivity contribution < 1.29 is 9.53 Å². The number of hydrogen-bond donors (Lipinski definition) is 0. The Morgan fingerprint density at radius 2 is 2.14 bits per heavy atom. The Hall–Kier alpha value is -2.20. The summed E-state index contributed by atoms with van der Waals surface area (Å²) in [7, 11) is 0. The molecule has 0 radical (unpaired) electrons. The second-order valence-electron chi connectivity index (χ2n) is 5.23. The van der Waals surface area contributed by atoms with E-state index < -0.39 is 0 Å². The van der Waals surface area contributed by atoms with Gasteiger partial charge in [-0.2, -0.15) is 0 Å². The van der Waals surface area contributed by atoms with E-state index in [-0.39, 0.29) is 6.10 Å². The monoisotopic (exact) mass is 282 g/mol. The van der Waals surface area contributed by atoms with E-state index in [9.17, 15) is 4.79 Å². The minimum Gasteiger partial charge on any atom is -0.370 e. The minimum absolute atomic E-state index is 0.0625. The molecule has 0 N–H and O–H groups in total. The van der Waals surface area contributed by atoms with Crippen LogP contribution in [-0.4, -0.2) is 31.0 Å². The first-order chi connectivity index (χ1) is 10.3. The number of pyridine rings is 1. The van der Waals surface area contributed by atoms with Crippen LogP contribution in [0.4, 0.5) is 5.82 Å². The highest BCUT2D eigenvalue weighted by Gasteiger charge is 2.23. The summed E-state index contributed by atoms with van der Waals surface area (Å²) < 4.78 is 5.92. The molecule has 1 saturated heterocycles. The molecule has 0 spiro atoms. The molecule has 2 heterocycles. The molecule has 1 aromatic carbocycles. The van der Waals surface area contributed by atoms with Crippen molar-refractivity contribution in [2.45, 2.75) is 13.0 Å². The van der Waals surface area contributed by atoms with Gasteiger partial charge in [-0.05, 0) is 30.2 Å². The SMILES string of the molecule is Cc1ccccc1C1CN(c2ccc(C=O)cn2)CCO1. The van der Waals surface area contributed by atoms with Gasteiger partial charge in [0.2, 0.25) is 0 Å². The lowest BCUT2D eigenvalue weighted by Crippen LogP contribution is -2.39. The topological polar surface area (TPSA) is 42.4 Å². The van der Waals surface area contributed by atoms with E-state index in [1.807, 2.05) is 18.2 Å². The second kappa shape index (κ2) is 6.06. The number of nitrogens with zero attached hydrogens (tertiary/aromatic N) is 2. The Morgan fingerprint density at radius 1 is 1.29 bits per heavy atom. The van der Waals surface area contributed by atoms with Crippen LogP contribution >= 0.6 is 0 Å². The van der Waals surface area contributed by atoms with Gasteiger partial charge in [-0.15, -0.1) is 0 Å². The van der Waals surface area contributed by atoms with E-state index >= 15 is 0 Å². The number of carbonyl (C=O) groups is 1. The fourth-order valence-corrected chi connectivity index (χ4v) is 2.65. The highest BCUT2D eigenvalue weighted by atomic mass is 16.5. The van der Waals surface area contributed by atoms with Crippen LogP contribution in [0.5, 0.6) is 0 Å². The van der Waals surface area contributed by atoms with Crippen molar-refractivity contribution in [1.29, 1.82) is 0 Å². The van der Waals surface area contributed by atoms with Crippen LogP contribution in [0, 0.1) is 6.92 Å². The number of ether oxygens (including phenoxy) is 1. The molecule has 0 amide bonds. The number of morpholine rings is 1. The van der Waals surface area contributed by atoms with E-state index in [2.05, 4.69) is 28.9 Å². The lowest BCUT2D eigenvalue weighted by molar-refractivity contribution is 0.0391. The minimum atomic E-state index is 0.0625. The third kappa shape index (κ3) is 2.95. The fourth-order valence-electron chi connectivity index (χ4n) is 2.65. The first-order valence-corrected chi connectivity index (χ1v) is 7.11. The molecule has 1 aromatic heterocycles. The predicted octanol–water partition coefficient (Wildman–Crippen LogP) is 2.78. The average molecular weight is 282 g/mol. The molecule has 1 unspecified atom stereocenters. The first kappa shape index (κ1) is 13.8. The third-order valence-corrected chi connectivity index (χ3v) is 3.83. The van der Waals surface area contributed by atoms with Gasteiger partial charge in [0.25, 0.3) is 0 Å². The lowest BCUT2D eigenvalue weighted by Gasteiger charge is -2.34. The highest BCUT2D eigenvalue weighted by molar-refractivity contribution is 5.74. The molecule has 2 aromatic rings. The molecule has 0 aliphatic carbocycles. The van der Waals surface area contributed by atoms with Gasteiger partial charge in [-0.25, -0.2) is 4.98 Å². The van der Waals surface area contributed by atoms with Gasteiger partial charge in [-0.3, -0.25) is 4.79 Å². The van der Waals surface area contributed by atoms with Crippen LogP contribution in [0.25, 0.3) is 0 Å². The molecule has 3 rings (SSSR count). The molecular weight excluding hydrogens is 264 g/mol. The quantitative estimate of drug-likeness (QED) is 0.812. The number of carbonyl (C=O) groups excluding carboxylic acids is 1. The van der Waals surface area contributed by atoms with Crippen molar-refractivity contribution in [3.05, 3.63) is 59.3 Å². The molecule has 21 heavy (non-hydrogen) atoms. The van der Waals surface area contributed by atoms with Crippen LogP contribution < -0.4 is 4.90 Å². The summed E-state index contributed by atoms with van der Waals surface area (Å²) in [6.45, 7) is 4.37. The van der Waals surface area contributed by atoms with Gasteiger partial charge in [-0.1, -0.05) is 24.3 Å². The zero-order chi connectivity index (χ0) is 14.7. The van der Waals surface area contributed by atoms with E-state index in [0.717, 1.165) is 25.2 Å². The Bertz CT molecular complexity index is 625. The largest absolute Gasteiger partial charge is 0.370 e. The lowest BCUT2D eigenvalue weighted by atomic mass is 10.0. The molecule has 0 bridgehead atoms. The van der Waals surface area contributed by atoms with Crippen molar-refractivity contribution in [3.8, 4) is 0 Å². The van der Waals surface area contributed by atoms with Crippen molar-refractivity contribution in [3.63, 3.8) is 0 Å². The van der Waals surface area contributed by atoms with E-state index in [1.165, 1.54) is 11.1 Å². The summed E-state index contributed by atoms with van der Waals surface area (Å²) in [6, 6.07) is 12.0. The van der Waals surface area contributed by atoms with Gasteiger partial charge in [0.1, 0.15) is 11.9 Å². The first-order valence-electron chi connectivity index (χ1n) is 7.11. The summed E-state index contributed by atoms with van der Waals surface area (Å²) in [5.41, 5.74) is 3.07. The van der Waals surface area contributed by atoms with Crippen molar-refractivity contribution in [2.24, 2.45) is 0 Å². The fraction of sp³-hybridized carbons (Fsp3) is 0.294. The zero-order valence-electron chi connectivity index (χ0n) is 12.0. The molecule has 1 atom stereocenters. The maximum Gasteiger partial charge on any atom is 0.151 e. The molecule has 4 heteroatoms. The maximum atomic E-state index is 10.7. The Balaban J connectivity index is 1.79. The summed E-state index contributed by atoms with van der Waals surface area (Å²) >= 11 is 0. The maximum absolute atomic E-state index is 10.7. The average Bonchev–Trinajstić information content (AvgIpc) is 2.55. The van der Waals surface area contributed by atoms with Crippen LogP contribution in [0.2, 0.25) is 0 Å². The zero-order valence-corrected chi connectivity index (χ0v) is 12.0. The Morgan fingerprint density at radius 3 is 2.86 bits per heavy atom. The molecule has 4 nitrogen and oxygen atoms in total. The number of aryl methyl sites for hydroxylation is 1. The predicted molar refractivity (Wildman–Crippen MR) is 81.7 cm³/mol. The summed E-state index contributed by atoms with van der Waals surface area (Å²) in [4.78, 5) is 17.3. The summed E-state index contributed by atoms with van der Waals surface area (Å²) in [5.74, 6) is 0.891. The number of aromatic nitrogens is 1. The van der Waals surface area contributed by atoms with Crippen molar-refractivity contribution in [1.82, 2.24) is 4.98 Å². The van der Waals surface area contributed by atoms with E-state index in [1.54, 1.807) is 12.3 Å². The number of hydrogen-bond acceptors (Lipinski definition) is 4. The Labute approximate surface area is 124 Å². The van der Waals surface area contributed by atoms with Crippen molar-refractivity contribution in [2.75, 3.05) is 24.6 Å². The highest BCUT2D eigenvalue weighted by Crippen LogP contribution is 2.27. The van der Waals surface area contributed by atoms with Crippen LogP contribution in [0.15, 0.2) is 42.6 Å². The molecule has 1 aliphatic heterocycles. The van der Waals surface area contributed by atoms with Crippen LogP contribution in [-0.2, 0) is 4.74 Å². The standard InChI is InChI=1S/C17H18N2O2/c1-13-4-2-3-5-15(13)16-11-19(8-9-21-16)17-7-6-14(12-20)10-18-17/h2-7,10,12,16H,8-9,11H2,1H3. The van der Waals surface area contributed by atoms with Gasteiger partial charge in [0, 0.05) is 24.8 Å². The summed E-state index contributed by atoms with van der Waals surface area (Å²) in [6.07, 6.45) is 2.49. The second-order valence-corrected chi connectivity index (χ2v) is 5.23. The van der Waals surface area contributed by atoms with Crippen molar-refractivity contribution >= 4 is 12.1 Å². The third-order valence-electron chi connectivity index (χ3n) is 3.83. The molecular formula is C17H18N2O2.